The second-order valence-corrected chi connectivity index (χ2v) is 7.51. The molecule has 0 bridgehead atoms. The number of rotatable bonds is 3. The number of ether oxygens (including phenoxy) is 1. The summed E-state index contributed by atoms with van der Waals surface area (Å²) in [6.07, 6.45) is 0.0757. The molecule has 1 fully saturated rings. The zero-order valence-electron chi connectivity index (χ0n) is 15.1. The Kier molecular flexibility index (Phi) is 4.16. The smallest absolute Gasteiger partial charge is 0.254 e. The highest BCUT2D eigenvalue weighted by Gasteiger charge is 2.54. The van der Waals surface area contributed by atoms with Crippen LogP contribution < -0.4 is 0 Å². The van der Waals surface area contributed by atoms with Gasteiger partial charge in [0.2, 0.25) is 0 Å². The molecule has 2 heterocycles. The van der Waals surface area contributed by atoms with Gasteiger partial charge in [0.25, 0.3) is 5.91 Å². The van der Waals surface area contributed by atoms with Crippen LogP contribution in [-0.4, -0.2) is 29.3 Å². The quantitative estimate of drug-likeness (QED) is 0.851. The van der Waals surface area contributed by atoms with Crippen molar-refractivity contribution >= 4 is 11.7 Å². The molecule has 1 spiro atoms. The van der Waals surface area contributed by atoms with Gasteiger partial charge in [0, 0.05) is 24.4 Å². The van der Waals surface area contributed by atoms with E-state index in [9.17, 15) is 9.59 Å². The standard InChI is InChI=1S/C22H23NO3/c1-15(2)20(24)19-12-22(14-26-19)18-11-7-6-10-17(18)13-23(22)21(25)16-8-4-3-5-9-16/h3-11,15,19H,12-14H2,1-2H3. The van der Waals surface area contributed by atoms with Gasteiger partial charge in [-0.25, -0.2) is 0 Å². The summed E-state index contributed by atoms with van der Waals surface area (Å²) in [5.74, 6) is 0.0199. The van der Waals surface area contributed by atoms with Crippen LogP contribution in [0.3, 0.4) is 0 Å². The minimum Gasteiger partial charge on any atom is -0.368 e. The molecule has 2 aromatic rings. The van der Waals surface area contributed by atoms with E-state index in [1.165, 1.54) is 0 Å². The average molecular weight is 349 g/mol. The highest BCUT2D eigenvalue weighted by molar-refractivity contribution is 5.95. The maximum absolute atomic E-state index is 13.3. The molecule has 4 rings (SSSR count). The highest BCUT2D eigenvalue weighted by atomic mass is 16.5. The average Bonchev–Trinajstić information content (AvgIpc) is 3.25. The number of benzene rings is 2. The van der Waals surface area contributed by atoms with Crippen molar-refractivity contribution in [2.24, 2.45) is 5.92 Å². The number of amides is 1. The summed E-state index contributed by atoms with van der Waals surface area (Å²) in [5, 5.41) is 0. The first-order valence-electron chi connectivity index (χ1n) is 9.14. The Bertz CT molecular complexity index is 845. The van der Waals surface area contributed by atoms with E-state index in [0.717, 1.165) is 11.1 Å². The van der Waals surface area contributed by atoms with Crippen LogP contribution in [0.4, 0.5) is 0 Å². The molecule has 1 saturated heterocycles. The second kappa shape index (κ2) is 6.36. The van der Waals surface area contributed by atoms with Gasteiger partial charge in [0.15, 0.2) is 5.78 Å². The molecule has 0 radical (unpaired) electrons. The molecule has 0 aliphatic carbocycles. The normalized spacial score (nSPS) is 24.3. The SMILES string of the molecule is CC(C)C(=O)C1CC2(CO1)c1ccccc1CN2C(=O)c1ccccc1. The maximum atomic E-state index is 13.3. The molecule has 2 aliphatic heterocycles. The molecule has 134 valence electrons. The molecule has 2 atom stereocenters. The first-order chi connectivity index (χ1) is 12.5. The van der Waals surface area contributed by atoms with E-state index in [0.29, 0.717) is 25.1 Å². The van der Waals surface area contributed by atoms with Crippen molar-refractivity contribution < 1.29 is 14.3 Å². The summed E-state index contributed by atoms with van der Waals surface area (Å²) in [6.45, 7) is 4.71. The molecule has 2 aromatic carbocycles. The number of hydrogen-bond acceptors (Lipinski definition) is 3. The summed E-state index contributed by atoms with van der Waals surface area (Å²) < 4.78 is 5.94. The van der Waals surface area contributed by atoms with E-state index in [2.05, 4.69) is 12.1 Å². The van der Waals surface area contributed by atoms with Crippen LogP contribution in [0.25, 0.3) is 0 Å². The summed E-state index contributed by atoms with van der Waals surface area (Å²) >= 11 is 0. The molecular weight excluding hydrogens is 326 g/mol. The minimum absolute atomic E-state index is 0.0111. The fraction of sp³-hybridized carbons (Fsp3) is 0.364. The Morgan fingerprint density at radius 1 is 1.08 bits per heavy atom. The summed E-state index contributed by atoms with van der Waals surface area (Å²) in [7, 11) is 0. The number of carbonyl (C=O) groups is 2. The van der Waals surface area contributed by atoms with Crippen LogP contribution in [0.2, 0.25) is 0 Å². The Balaban J connectivity index is 1.74. The van der Waals surface area contributed by atoms with E-state index in [1.54, 1.807) is 0 Å². The van der Waals surface area contributed by atoms with Gasteiger partial charge in [-0.2, -0.15) is 0 Å². The Morgan fingerprint density at radius 3 is 2.50 bits per heavy atom. The van der Waals surface area contributed by atoms with Gasteiger partial charge in [0.1, 0.15) is 6.10 Å². The van der Waals surface area contributed by atoms with Gasteiger partial charge in [-0.05, 0) is 23.3 Å². The third kappa shape index (κ3) is 2.56. The Labute approximate surface area is 153 Å². The van der Waals surface area contributed by atoms with Crippen molar-refractivity contribution in [3.05, 3.63) is 71.3 Å². The number of nitrogens with zero attached hydrogens (tertiary/aromatic N) is 1. The van der Waals surface area contributed by atoms with Crippen molar-refractivity contribution in [2.75, 3.05) is 6.61 Å². The van der Waals surface area contributed by atoms with Crippen molar-refractivity contribution in [1.29, 1.82) is 0 Å². The van der Waals surface area contributed by atoms with Gasteiger partial charge in [-0.15, -0.1) is 0 Å². The molecule has 4 nitrogen and oxygen atoms in total. The molecule has 26 heavy (non-hydrogen) atoms. The van der Waals surface area contributed by atoms with E-state index in [4.69, 9.17) is 4.74 Å². The molecule has 0 N–H and O–H groups in total. The van der Waals surface area contributed by atoms with Crippen molar-refractivity contribution in [3.8, 4) is 0 Å². The summed E-state index contributed by atoms with van der Waals surface area (Å²) in [4.78, 5) is 27.7. The second-order valence-electron chi connectivity index (χ2n) is 7.51. The first kappa shape index (κ1) is 17.0. The number of fused-ring (bicyclic) bond motifs is 2. The minimum atomic E-state index is -0.557. The molecular formula is C22H23NO3. The monoisotopic (exact) mass is 349 g/mol. The summed E-state index contributed by atoms with van der Waals surface area (Å²) in [5.41, 5.74) is 2.36. The van der Waals surface area contributed by atoms with E-state index in [1.807, 2.05) is 61.2 Å². The molecule has 1 amide bonds. The lowest BCUT2D eigenvalue weighted by Crippen LogP contribution is -2.45. The van der Waals surface area contributed by atoms with Gasteiger partial charge in [0.05, 0.1) is 12.1 Å². The molecule has 0 saturated carbocycles. The number of carbonyl (C=O) groups excluding carboxylic acids is 2. The lowest BCUT2D eigenvalue weighted by Gasteiger charge is -2.35. The van der Waals surface area contributed by atoms with E-state index in [-0.39, 0.29) is 17.6 Å². The van der Waals surface area contributed by atoms with Crippen molar-refractivity contribution in [3.63, 3.8) is 0 Å². The van der Waals surface area contributed by atoms with Crippen LogP contribution in [-0.2, 0) is 21.6 Å². The van der Waals surface area contributed by atoms with Gasteiger partial charge < -0.3 is 9.64 Å². The largest absolute Gasteiger partial charge is 0.368 e. The topological polar surface area (TPSA) is 46.6 Å². The Hall–Kier alpha value is -2.46. The van der Waals surface area contributed by atoms with E-state index < -0.39 is 11.6 Å². The van der Waals surface area contributed by atoms with Crippen LogP contribution in [0.15, 0.2) is 54.6 Å². The van der Waals surface area contributed by atoms with Crippen molar-refractivity contribution in [1.82, 2.24) is 4.90 Å². The van der Waals surface area contributed by atoms with Crippen molar-refractivity contribution in [2.45, 2.75) is 38.5 Å². The van der Waals surface area contributed by atoms with Gasteiger partial charge >= 0.3 is 0 Å². The predicted octanol–water partition coefficient (Wildman–Crippen LogP) is 3.55. The van der Waals surface area contributed by atoms with Crippen LogP contribution in [0.5, 0.6) is 0 Å². The zero-order chi connectivity index (χ0) is 18.3. The van der Waals surface area contributed by atoms with Crippen LogP contribution >= 0.6 is 0 Å². The molecule has 2 aliphatic rings. The lowest BCUT2D eigenvalue weighted by atomic mass is 9.85. The lowest BCUT2D eigenvalue weighted by molar-refractivity contribution is -0.130. The third-order valence-corrected chi connectivity index (χ3v) is 5.56. The van der Waals surface area contributed by atoms with E-state index >= 15 is 0 Å². The molecule has 2 unspecified atom stereocenters. The molecule has 0 aromatic heterocycles. The number of hydrogen-bond donors (Lipinski definition) is 0. The fourth-order valence-corrected chi connectivity index (χ4v) is 4.18. The highest BCUT2D eigenvalue weighted by Crippen LogP contribution is 2.47. The first-order valence-corrected chi connectivity index (χ1v) is 9.14. The maximum Gasteiger partial charge on any atom is 0.254 e. The number of Topliss-reactive ketones (excluding diaryl/α,β-unsaturated/α-hetero) is 1. The fourth-order valence-electron chi connectivity index (χ4n) is 4.18. The zero-order valence-corrected chi connectivity index (χ0v) is 15.1. The predicted molar refractivity (Wildman–Crippen MR) is 98.6 cm³/mol. The number of ketones is 1. The summed E-state index contributed by atoms with van der Waals surface area (Å²) in [6, 6.07) is 17.5. The Morgan fingerprint density at radius 2 is 1.77 bits per heavy atom. The molecule has 4 heteroatoms. The van der Waals surface area contributed by atoms with Crippen LogP contribution in [0.1, 0.15) is 41.8 Å². The van der Waals surface area contributed by atoms with Gasteiger partial charge in [-0.3, -0.25) is 9.59 Å². The van der Waals surface area contributed by atoms with Crippen LogP contribution in [0, 0.1) is 5.92 Å². The van der Waals surface area contributed by atoms with Gasteiger partial charge in [-0.1, -0.05) is 56.3 Å². The third-order valence-electron chi connectivity index (χ3n) is 5.56.